The molecular weight excluding hydrogens is 835 g/mol. The van der Waals surface area contributed by atoms with Crippen LogP contribution in [0.25, 0.3) is 0 Å². The maximum absolute atomic E-state index is 12.7. The summed E-state index contributed by atoms with van der Waals surface area (Å²) < 4.78 is 70.2. The standard InChI is InChI=1S/C25H42N3O17P3S4/c1-5-25(2,3)51-50-16-39-11-6-7-12-40-24(31)26-10-8-9-18-14-28(23(30)27-22(18)29)21-13-19(41-17-52(4)49)20(43-21)15-42-47(35,36)45-48(37,38)44-46(32,33)34/h14,19-21H,5-7,10-13,15-17H2,1-4H3,(H,26,31)(H,35,36)(H,37,38)(H,27,29,30)(H2,32,33,34)/t19-,20+,21+,52?/m0/s1. The van der Waals surface area contributed by atoms with Crippen LogP contribution in [0.15, 0.2) is 15.8 Å². The van der Waals surface area contributed by atoms with Gasteiger partial charge in [0.05, 0.1) is 31.8 Å². The van der Waals surface area contributed by atoms with E-state index >= 15 is 0 Å². The molecule has 6 atom stereocenters. The third-order valence-corrected chi connectivity index (χ3v) is 14.1. The average molecular weight is 878 g/mol. The van der Waals surface area contributed by atoms with E-state index < -0.39 is 75.3 Å². The van der Waals surface area contributed by atoms with Crippen LogP contribution in [0, 0.1) is 11.8 Å². The first-order valence-electron chi connectivity index (χ1n) is 15.1. The van der Waals surface area contributed by atoms with Crippen LogP contribution in [0.1, 0.15) is 58.2 Å². The van der Waals surface area contributed by atoms with Gasteiger partial charge in [-0.3, -0.25) is 18.9 Å². The molecule has 27 heteroatoms. The van der Waals surface area contributed by atoms with Crippen molar-refractivity contribution in [3.05, 3.63) is 32.6 Å². The van der Waals surface area contributed by atoms with Crippen molar-refractivity contribution in [2.75, 3.05) is 44.5 Å². The van der Waals surface area contributed by atoms with Gasteiger partial charge in [-0.1, -0.05) is 49.8 Å². The molecule has 1 fully saturated rings. The van der Waals surface area contributed by atoms with Gasteiger partial charge in [-0.2, -0.15) is 8.62 Å². The number of H-pyrrole nitrogens is 1. The number of phosphoric acid groups is 3. The fraction of sp³-hybridized carbons (Fsp3) is 0.720. The van der Waals surface area contributed by atoms with Gasteiger partial charge in [-0.15, -0.1) is 0 Å². The third kappa shape index (κ3) is 19.1. The minimum atomic E-state index is -5.76. The smallest absolute Gasteiger partial charge is 0.450 e. The fourth-order valence-corrected chi connectivity index (χ4v) is 9.65. The highest BCUT2D eigenvalue weighted by atomic mass is 33.1. The first kappa shape index (κ1) is 47.2. The zero-order chi connectivity index (χ0) is 39.2. The SMILES string of the molecule is CCC(C)(C)SSCOCCCCOC(=O)NCC#Cc1cn([C@H]2C[C@H](OCS(C)=S)[C@@H](COP(=O)(O)OP(=O)(O)OP(=O)(O)O)O2)c(=O)[nH]c1=O. The van der Waals surface area contributed by atoms with Crippen LogP contribution in [0.5, 0.6) is 0 Å². The molecule has 1 aromatic rings. The number of carbonyl (C=O) groups is 1. The number of alkyl carbamates (subject to hydrolysis) is 1. The number of nitrogens with zero attached hydrogens (tertiary/aromatic N) is 1. The number of aromatic amines is 1. The lowest BCUT2D eigenvalue weighted by molar-refractivity contribution is -0.0545. The number of amides is 1. The molecule has 0 aliphatic carbocycles. The number of aromatic nitrogens is 2. The van der Waals surface area contributed by atoms with Crippen LogP contribution in [-0.4, -0.2) is 96.7 Å². The third-order valence-electron chi connectivity index (χ3n) is 6.45. The van der Waals surface area contributed by atoms with Gasteiger partial charge >= 0.3 is 35.3 Å². The minimum Gasteiger partial charge on any atom is -0.450 e. The van der Waals surface area contributed by atoms with E-state index in [1.54, 1.807) is 27.8 Å². The predicted molar refractivity (Wildman–Crippen MR) is 196 cm³/mol. The van der Waals surface area contributed by atoms with E-state index in [0.29, 0.717) is 25.4 Å². The molecule has 1 aliphatic rings. The zero-order valence-electron chi connectivity index (χ0n) is 28.4. The normalized spacial score (nSPS) is 20.7. The zero-order valence-corrected chi connectivity index (χ0v) is 34.3. The molecule has 0 aromatic carbocycles. The predicted octanol–water partition coefficient (Wildman–Crippen LogP) is 2.62. The molecule has 3 unspecified atom stereocenters. The van der Waals surface area contributed by atoms with Crippen LogP contribution >= 0.6 is 45.1 Å². The number of carbonyl (C=O) groups excluding carboxylic acids is 1. The van der Waals surface area contributed by atoms with Gasteiger partial charge in [0, 0.05) is 24.0 Å². The molecule has 1 aliphatic heterocycles. The highest BCUT2D eigenvalue weighted by molar-refractivity contribution is 8.77. The van der Waals surface area contributed by atoms with Gasteiger partial charge in [0.15, 0.2) is 0 Å². The van der Waals surface area contributed by atoms with Gasteiger partial charge in [-0.25, -0.2) is 23.3 Å². The van der Waals surface area contributed by atoms with Crippen LogP contribution in [-0.2, 0) is 66.4 Å². The van der Waals surface area contributed by atoms with Gasteiger partial charge < -0.3 is 43.8 Å². The van der Waals surface area contributed by atoms with Crippen molar-refractivity contribution in [3.8, 4) is 11.8 Å². The van der Waals surface area contributed by atoms with E-state index in [1.165, 1.54) is 0 Å². The van der Waals surface area contributed by atoms with E-state index in [4.69, 9.17) is 39.9 Å². The van der Waals surface area contributed by atoms with Gasteiger partial charge in [0.25, 0.3) is 5.56 Å². The van der Waals surface area contributed by atoms with E-state index in [9.17, 15) is 37.9 Å². The van der Waals surface area contributed by atoms with E-state index in [0.717, 1.165) is 17.2 Å². The number of phosphoric ester groups is 1. The topological polar surface area (TPSA) is 281 Å². The lowest BCUT2D eigenvalue weighted by Gasteiger charge is -2.21. The summed E-state index contributed by atoms with van der Waals surface area (Å²) in [5.74, 6) is 5.72. The molecule has 0 radical (unpaired) electrons. The fourth-order valence-electron chi connectivity index (χ4n) is 3.75. The Morgan fingerprint density at radius 3 is 2.52 bits per heavy atom. The van der Waals surface area contributed by atoms with Gasteiger partial charge in [0.1, 0.15) is 23.8 Å². The summed E-state index contributed by atoms with van der Waals surface area (Å²) in [7, 11) is -14.1. The molecule has 1 amide bonds. The molecule has 1 aromatic heterocycles. The van der Waals surface area contributed by atoms with Crippen molar-refractivity contribution >= 4 is 71.8 Å². The summed E-state index contributed by atoms with van der Waals surface area (Å²) in [4.78, 5) is 75.8. The lowest BCUT2D eigenvalue weighted by atomic mass is 10.1. The largest absolute Gasteiger partial charge is 0.490 e. The van der Waals surface area contributed by atoms with Crippen LogP contribution in [0.4, 0.5) is 4.79 Å². The molecule has 298 valence electrons. The number of rotatable bonds is 22. The maximum Gasteiger partial charge on any atom is 0.490 e. The average Bonchev–Trinajstić information content (AvgIpc) is 3.42. The summed E-state index contributed by atoms with van der Waals surface area (Å²) in [5, 5.41) is 2.43. The molecule has 6 N–H and O–H groups in total. The summed E-state index contributed by atoms with van der Waals surface area (Å²) in [6.07, 6.45) is 1.01. The van der Waals surface area contributed by atoms with E-state index in [1.807, 2.05) is 0 Å². The molecule has 0 bridgehead atoms. The first-order chi connectivity index (χ1) is 24.1. The number of unbranched alkanes of at least 4 members (excludes halogenated alkanes) is 1. The summed E-state index contributed by atoms with van der Waals surface area (Å²) in [6.45, 7) is 6.13. The summed E-state index contributed by atoms with van der Waals surface area (Å²) in [6, 6.07) is 0. The number of hydrogen-bond acceptors (Lipinski definition) is 16. The highest BCUT2D eigenvalue weighted by Gasteiger charge is 2.43. The van der Waals surface area contributed by atoms with Crippen molar-refractivity contribution in [1.29, 1.82) is 0 Å². The van der Waals surface area contributed by atoms with Gasteiger partial charge in [-0.05, 0) is 50.6 Å². The quantitative estimate of drug-likeness (QED) is 0.0321. The van der Waals surface area contributed by atoms with Crippen molar-refractivity contribution in [3.63, 3.8) is 0 Å². The Morgan fingerprint density at radius 2 is 1.87 bits per heavy atom. The second-order valence-corrected chi connectivity index (χ2v) is 21.7. The first-order valence-corrected chi connectivity index (χ1v) is 24.7. The molecule has 2 heterocycles. The molecule has 0 saturated carbocycles. The van der Waals surface area contributed by atoms with Crippen LogP contribution in [0.2, 0.25) is 0 Å². The van der Waals surface area contributed by atoms with Crippen molar-refractivity contribution < 1.29 is 70.2 Å². The van der Waals surface area contributed by atoms with Crippen molar-refractivity contribution in [2.24, 2.45) is 0 Å². The Bertz CT molecular complexity index is 1690. The van der Waals surface area contributed by atoms with Crippen molar-refractivity contribution in [2.45, 2.75) is 69.6 Å². The molecule has 0 spiro atoms. The van der Waals surface area contributed by atoms with Crippen LogP contribution < -0.4 is 16.6 Å². The van der Waals surface area contributed by atoms with Crippen molar-refractivity contribution in [1.82, 2.24) is 14.9 Å². The number of ether oxygens (including phenoxy) is 4. The molecular formula is C25H42N3O17P3S4. The Hall–Kier alpha value is -0.930. The second-order valence-electron chi connectivity index (χ2n) is 11.2. The van der Waals surface area contributed by atoms with Gasteiger partial charge in [0.2, 0.25) is 0 Å². The minimum absolute atomic E-state index is 0.0272. The van der Waals surface area contributed by atoms with E-state index in [-0.39, 0.29) is 35.8 Å². The summed E-state index contributed by atoms with van der Waals surface area (Å²) in [5.41, 5.74) is -1.92. The Labute approximate surface area is 314 Å². The maximum atomic E-state index is 12.7. The van der Waals surface area contributed by atoms with Crippen LogP contribution in [0.3, 0.4) is 0 Å². The molecule has 1 saturated heterocycles. The highest BCUT2D eigenvalue weighted by Crippen LogP contribution is 2.66. The Balaban J connectivity index is 1.94. The number of nitrogens with one attached hydrogen (secondary N) is 2. The second kappa shape index (κ2) is 22.0. The molecule has 2 rings (SSSR count). The Morgan fingerprint density at radius 1 is 1.17 bits per heavy atom. The van der Waals surface area contributed by atoms with E-state index in [2.05, 4.69) is 56.1 Å². The molecule has 52 heavy (non-hydrogen) atoms. The summed E-state index contributed by atoms with van der Waals surface area (Å²) >= 11 is 5.12. The Kier molecular flexibility index (Phi) is 20.0. The molecule has 20 nitrogen and oxygen atoms in total. The monoisotopic (exact) mass is 877 g/mol. The number of hydrogen-bond donors (Lipinski definition) is 6. The lowest BCUT2D eigenvalue weighted by Crippen LogP contribution is -2.34.